The summed E-state index contributed by atoms with van der Waals surface area (Å²) in [5.41, 5.74) is 2.59. The minimum Gasteiger partial charge on any atom is -0.506 e. The van der Waals surface area contributed by atoms with Crippen molar-refractivity contribution in [3.8, 4) is 5.75 Å². The van der Waals surface area contributed by atoms with Gasteiger partial charge in [0.2, 0.25) is 5.95 Å². The molecule has 0 bridgehead atoms. The van der Waals surface area contributed by atoms with E-state index in [0.717, 1.165) is 43.6 Å². The van der Waals surface area contributed by atoms with Crippen molar-refractivity contribution in [2.75, 3.05) is 32.1 Å². The van der Waals surface area contributed by atoms with Crippen molar-refractivity contribution in [2.24, 2.45) is 5.92 Å². The van der Waals surface area contributed by atoms with Gasteiger partial charge >= 0.3 is 5.97 Å². The van der Waals surface area contributed by atoms with Crippen LogP contribution in [0.3, 0.4) is 0 Å². The van der Waals surface area contributed by atoms with Crippen LogP contribution in [0.25, 0.3) is 11.0 Å². The number of para-hydroxylation sites is 1. The Balaban J connectivity index is 1.32. The lowest BCUT2D eigenvalue weighted by atomic mass is 9.96. The van der Waals surface area contributed by atoms with E-state index >= 15 is 0 Å². The summed E-state index contributed by atoms with van der Waals surface area (Å²) >= 11 is 12.1. The molecule has 1 saturated heterocycles. The first-order valence-corrected chi connectivity index (χ1v) is 10.9. The highest BCUT2D eigenvalue weighted by Gasteiger charge is 2.21. The number of hydrogen-bond acceptors (Lipinski definition) is 6. The maximum atomic E-state index is 11.9. The average molecular weight is 463 g/mol. The third-order valence-corrected chi connectivity index (χ3v) is 6.19. The summed E-state index contributed by atoms with van der Waals surface area (Å²) in [6.45, 7) is 3.24. The highest BCUT2D eigenvalue weighted by atomic mass is 35.5. The van der Waals surface area contributed by atoms with Gasteiger partial charge in [-0.2, -0.15) is 0 Å². The number of aromatic nitrogens is 2. The summed E-state index contributed by atoms with van der Waals surface area (Å²) in [6.07, 6.45) is 2.05. The van der Waals surface area contributed by atoms with Crippen molar-refractivity contribution in [3.05, 3.63) is 51.5 Å². The van der Waals surface area contributed by atoms with Crippen LogP contribution in [0.1, 0.15) is 28.8 Å². The number of piperidine rings is 1. The van der Waals surface area contributed by atoms with E-state index in [9.17, 15) is 9.90 Å². The van der Waals surface area contributed by atoms with Gasteiger partial charge < -0.3 is 20.1 Å². The van der Waals surface area contributed by atoms with Crippen LogP contribution in [-0.4, -0.2) is 52.7 Å². The van der Waals surface area contributed by atoms with E-state index in [2.05, 4.69) is 20.2 Å². The topological polar surface area (TPSA) is 90.5 Å². The Morgan fingerprint density at radius 2 is 2.10 bits per heavy atom. The molecule has 3 aromatic rings. The molecule has 0 amide bonds. The number of benzene rings is 2. The largest absolute Gasteiger partial charge is 0.506 e. The number of phenolic OH excluding ortho intramolecular Hbond substituents is 1. The molecule has 0 unspecified atom stereocenters. The lowest BCUT2D eigenvalue weighted by molar-refractivity contribution is 0.0603. The molecule has 1 aliphatic rings. The van der Waals surface area contributed by atoms with Gasteiger partial charge in [0.1, 0.15) is 11.3 Å². The zero-order valence-corrected chi connectivity index (χ0v) is 18.6. The highest BCUT2D eigenvalue weighted by Crippen LogP contribution is 2.32. The fourth-order valence-corrected chi connectivity index (χ4v) is 4.50. The van der Waals surface area contributed by atoms with Crippen LogP contribution in [0.5, 0.6) is 5.75 Å². The number of esters is 1. The predicted octanol–water partition coefficient (Wildman–Crippen LogP) is 4.69. The molecule has 2 heterocycles. The van der Waals surface area contributed by atoms with Crippen molar-refractivity contribution in [2.45, 2.75) is 19.4 Å². The van der Waals surface area contributed by atoms with Gasteiger partial charge in [0.15, 0.2) is 0 Å². The molecule has 3 N–H and O–H groups in total. The number of halogens is 2. The molecule has 0 spiro atoms. The first-order valence-electron chi connectivity index (χ1n) is 10.1. The molecule has 0 saturated carbocycles. The molecule has 4 rings (SSSR count). The van der Waals surface area contributed by atoms with Gasteiger partial charge in [0.25, 0.3) is 0 Å². The van der Waals surface area contributed by atoms with Gasteiger partial charge in [-0.3, -0.25) is 4.90 Å². The summed E-state index contributed by atoms with van der Waals surface area (Å²) in [7, 11) is 1.36. The number of rotatable bonds is 6. The van der Waals surface area contributed by atoms with Crippen LogP contribution in [0.4, 0.5) is 5.95 Å². The van der Waals surface area contributed by atoms with Crippen molar-refractivity contribution in [1.29, 1.82) is 0 Å². The minimum absolute atomic E-state index is 0.103. The molecule has 2 aromatic carbocycles. The number of ether oxygens (including phenoxy) is 1. The van der Waals surface area contributed by atoms with E-state index in [1.165, 1.54) is 7.11 Å². The van der Waals surface area contributed by atoms with Gasteiger partial charge in [-0.25, -0.2) is 9.78 Å². The van der Waals surface area contributed by atoms with Crippen LogP contribution in [-0.2, 0) is 11.3 Å². The lowest BCUT2D eigenvalue weighted by Crippen LogP contribution is -2.35. The Labute approximate surface area is 190 Å². The van der Waals surface area contributed by atoms with Crippen molar-refractivity contribution < 1.29 is 14.6 Å². The Morgan fingerprint density at radius 3 is 2.84 bits per heavy atom. The third kappa shape index (κ3) is 4.89. The second-order valence-electron chi connectivity index (χ2n) is 7.77. The number of carbonyl (C=O) groups is 1. The number of aromatic hydroxyl groups is 1. The summed E-state index contributed by atoms with van der Waals surface area (Å²) < 4.78 is 4.83. The van der Waals surface area contributed by atoms with Gasteiger partial charge in [-0.05, 0) is 56.1 Å². The molecular formula is C22H24Cl2N4O3. The van der Waals surface area contributed by atoms with E-state index in [1.807, 2.05) is 6.07 Å². The molecule has 9 heteroatoms. The molecular weight excluding hydrogens is 439 g/mol. The fourth-order valence-electron chi connectivity index (χ4n) is 3.96. The maximum Gasteiger partial charge on any atom is 0.340 e. The Morgan fingerprint density at radius 1 is 1.32 bits per heavy atom. The van der Waals surface area contributed by atoms with Crippen molar-refractivity contribution >= 4 is 46.2 Å². The van der Waals surface area contributed by atoms with Crippen molar-refractivity contribution in [1.82, 2.24) is 14.9 Å². The molecule has 1 aromatic heterocycles. The third-order valence-electron chi connectivity index (χ3n) is 5.68. The molecule has 0 atom stereocenters. The number of H-pyrrole nitrogens is 1. The molecule has 0 aliphatic carbocycles. The van der Waals surface area contributed by atoms with Crippen LogP contribution < -0.4 is 5.32 Å². The fraction of sp³-hybridized carbons (Fsp3) is 0.364. The number of methoxy groups -OCH3 is 1. The number of carbonyl (C=O) groups excluding carboxylic acids is 1. The minimum atomic E-state index is -0.400. The number of nitrogens with one attached hydrogen (secondary N) is 2. The van der Waals surface area contributed by atoms with Gasteiger partial charge in [-0.1, -0.05) is 29.3 Å². The number of likely N-dealkylation sites (tertiary alicyclic amines) is 1. The Kier molecular flexibility index (Phi) is 6.55. The second kappa shape index (κ2) is 9.34. The first kappa shape index (κ1) is 21.7. The Bertz CT molecular complexity index is 1090. The van der Waals surface area contributed by atoms with Crippen LogP contribution in [0, 0.1) is 5.92 Å². The molecule has 164 valence electrons. The monoisotopic (exact) mass is 462 g/mol. The molecule has 0 radical (unpaired) electrons. The smallest absolute Gasteiger partial charge is 0.340 e. The zero-order chi connectivity index (χ0) is 22.0. The number of anilines is 1. The van der Waals surface area contributed by atoms with E-state index in [1.54, 1.807) is 24.3 Å². The summed E-state index contributed by atoms with van der Waals surface area (Å²) in [5, 5.41) is 14.3. The predicted molar refractivity (Wildman–Crippen MR) is 122 cm³/mol. The summed E-state index contributed by atoms with van der Waals surface area (Å²) in [6, 6.07) is 8.71. The van der Waals surface area contributed by atoms with Crippen LogP contribution >= 0.6 is 23.2 Å². The van der Waals surface area contributed by atoms with Gasteiger partial charge in [0, 0.05) is 23.7 Å². The number of imidazole rings is 1. The zero-order valence-electron chi connectivity index (χ0n) is 17.1. The highest BCUT2D eigenvalue weighted by molar-refractivity contribution is 6.35. The maximum absolute atomic E-state index is 11.9. The molecule has 31 heavy (non-hydrogen) atoms. The lowest BCUT2D eigenvalue weighted by Gasteiger charge is -2.32. The van der Waals surface area contributed by atoms with Gasteiger partial charge in [-0.15, -0.1) is 0 Å². The summed E-state index contributed by atoms with van der Waals surface area (Å²) in [5.74, 6) is 0.850. The second-order valence-corrected chi connectivity index (χ2v) is 8.62. The van der Waals surface area contributed by atoms with Crippen molar-refractivity contribution in [3.63, 3.8) is 0 Å². The normalized spacial score (nSPS) is 15.3. The van der Waals surface area contributed by atoms with E-state index in [-0.39, 0.29) is 10.8 Å². The SMILES string of the molecule is COC(=O)c1cccc2[nH]c(NCC3CCN(Cc4cc(Cl)cc(Cl)c4O)CC3)nc12. The summed E-state index contributed by atoms with van der Waals surface area (Å²) in [4.78, 5) is 22.0. The van der Waals surface area contributed by atoms with E-state index < -0.39 is 5.97 Å². The van der Waals surface area contributed by atoms with E-state index in [4.69, 9.17) is 27.9 Å². The average Bonchev–Trinajstić information content (AvgIpc) is 3.19. The van der Waals surface area contributed by atoms with Crippen LogP contribution in [0.2, 0.25) is 10.0 Å². The first-order chi connectivity index (χ1) is 14.9. The number of hydrogen-bond donors (Lipinski definition) is 3. The molecule has 7 nitrogen and oxygen atoms in total. The number of phenols is 1. The molecule has 1 aliphatic heterocycles. The number of fused-ring (bicyclic) bond motifs is 1. The van der Waals surface area contributed by atoms with E-state index in [0.29, 0.717) is 34.5 Å². The number of aromatic amines is 1. The molecule has 1 fully saturated rings. The number of nitrogens with zero attached hydrogens (tertiary/aromatic N) is 2. The van der Waals surface area contributed by atoms with Crippen LogP contribution in [0.15, 0.2) is 30.3 Å². The van der Waals surface area contributed by atoms with Gasteiger partial charge in [0.05, 0.1) is 23.2 Å². The Hall–Kier alpha value is -2.48. The quantitative estimate of drug-likeness (QED) is 0.460. The standard InChI is InChI=1S/C22H24Cl2N4O3/c1-31-21(30)16-3-2-4-18-19(16)27-22(26-18)25-11-13-5-7-28(8-6-13)12-14-9-15(23)10-17(24)20(14)29/h2-4,9-10,13,29H,5-8,11-12H2,1H3,(H2,25,26,27).